The van der Waals surface area contributed by atoms with E-state index in [-0.39, 0.29) is 11.8 Å². The third-order valence-electron chi connectivity index (χ3n) is 4.45. The highest BCUT2D eigenvalue weighted by Gasteiger charge is 2.24. The maximum atomic E-state index is 11.4. The Balaban J connectivity index is 1.65. The van der Waals surface area contributed by atoms with Crippen LogP contribution < -0.4 is 5.73 Å². The fourth-order valence-corrected chi connectivity index (χ4v) is 3.87. The number of piperidine rings is 1. The SMILES string of the molecule is CCc1ccc(-c2nc(CN3CCC[C@H](C(N)=O)C3)cs2)cc1. The lowest BCUT2D eigenvalue weighted by Crippen LogP contribution is -2.40. The van der Waals surface area contributed by atoms with Crippen molar-refractivity contribution in [1.29, 1.82) is 0 Å². The molecule has 2 N–H and O–H groups in total. The van der Waals surface area contributed by atoms with Gasteiger partial charge in [-0.3, -0.25) is 9.69 Å². The number of aromatic nitrogens is 1. The number of thiazole rings is 1. The van der Waals surface area contributed by atoms with Crippen molar-refractivity contribution in [1.82, 2.24) is 9.88 Å². The van der Waals surface area contributed by atoms with E-state index >= 15 is 0 Å². The zero-order valence-electron chi connectivity index (χ0n) is 13.5. The van der Waals surface area contributed by atoms with Gasteiger partial charge < -0.3 is 5.73 Å². The molecule has 5 heteroatoms. The summed E-state index contributed by atoms with van der Waals surface area (Å²) in [5.74, 6) is -0.187. The Morgan fingerprint density at radius 1 is 1.39 bits per heavy atom. The molecule has 2 heterocycles. The van der Waals surface area contributed by atoms with Gasteiger partial charge in [-0.25, -0.2) is 4.98 Å². The number of nitrogens with zero attached hydrogens (tertiary/aromatic N) is 2. The topological polar surface area (TPSA) is 59.2 Å². The molecule has 1 aromatic heterocycles. The molecule has 0 aliphatic carbocycles. The lowest BCUT2D eigenvalue weighted by Gasteiger charge is -2.30. The predicted octanol–water partition coefficient (Wildman–Crippen LogP) is 3.07. The summed E-state index contributed by atoms with van der Waals surface area (Å²) >= 11 is 1.68. The number of benzene rings is 1. The number of primary amides is 1. The number of aryl methyl sites for hydroxylation is 1. The molecular weight excluding hydrogens is 306 g/mol. The standard InChI is InChI=1S/C18H23N3OS/c1-2-13-5-7-14(8-6-13)18-20-16(12-23-18)11-21-9-3-4-15(10-21)17(19)22/h5-8,12,15H,2-4,9-11H2,1H3,(H2,19,22)/t15-/m0/s1. The lowest BCUT2D eigenvalue weighted by atomic mass is 9.97. The summed E-state index contributed by atoms with van der Waals surface area (Å²) in [7, 11) is 0. The minimum absolute atomic E-state index is 0.0107. The molecule has 0 spiro atoms. The van der Waals surface area contributed by atoms with Crippen LogP contribution in [0.2, 0.25) is 0 Å². The average Bonchev–Trinajstić information content (AvgIpc) is 3.03. The third kappa shape index (κ3) is 3.98. The molecule has 122 valence electrons. The predicted molar refractivity (Wildman–Crippen MR) is 94.1 cm³/mol. The van der Waals surface area contributed by atoms with Crippen LogP contribution in [-0.4, -0.2) is 28.9 Å². The van der Waals surface area contributed by atoms with Crippen LogP contribution in [0.15, 0.2) is 29.6 Å². The minimum atomic E-state index is -0.176. The zero-order chi connectivity index (χ0) is 16.2. The molecular formula is C18H23N3OS. The Hall–Kier alpha value is -1.72. The highest BCUT2D eigenvalue weighted by molar-refractivity contribution is 7.13. The van der Waals surface area contributed by atoms with Gasteiger partial charge in [0.1, 0.15) is 5.01 Å². The summed E-state index contributed by atoms with van der Waals surface area (Å²) in [5, 5.41) is 3.18. The fraction of sp³-hybridized carbons (Fsp3) is 0.444. The Kier molecular flexibility index (Phi) is 5.08. The van der Waals surface area contributed by atoms with E-state index in [2.05, 4.69) is 41.5 Å². The Morgan fingerprint density at radius 3 is 2.87 bits per heavy atom. The summed E-state index contributed by atoms with van der Waals surface area (Å²) in [6.07, 6.45) is 3.00. The molecule has 1 amide bonds. The van der Waals surface area contributed by atoms with Gasteiger partial charge in [0, 0.05) is 24.0 Å². The van der Waals surface area contributed by atoms with Gasteiger partial charge in [-0.2, -0.15) is 0 Å². The van der Waals surface area contributed by atoms with Gasteiger partial charge in [0.25, 0.3) is 0 Å². The van der Waals surface area contributed by atoms with Crippen LogP contribution in [0.5, 0.6) is 0 Å². The van der Waals surface area contributed by atoms with E-state index in [1.807, 2.05) is 0 Å². The van der Waals surface area contributed by atoms with Gasteiger partial charge in [-0.15, -0.1) is 11.3 Å². The molecule has 1 fully saturated rings. The number of hydrogen-bond donors (Lipinski definition) is 1. The lowest BCUT2D eigenvalue weighted by molar-refractivity contribution is -0.123. The molecule has 1 aromatic carbocycles. The highest BCUT2D eigenvalue weighted by atomic mass is 32.1. The van der Waals surface area contributed by atoms with Gasteiger partial charge in [0.05, 0.1) is 11.6 Å². The van der Waals surface area contributed by atoms with Crippen molar-refractivity contribution < 1.29 is 4.79 Å². The molecule has 0 saturated carbocycles. The summed E-state index contributed by atoms with van der Waals surface area (Å²) in [6.45, 7) is 4.73. The molecule has 3 rings (SSSR count). The van der Waals surface area contributed by atoms with Crippen LogP contribution in [0.4, 0.5) is 0 Å². The average molecular weight is 329 g/mol. The molecule has 0 unspecified atom stereocenters. The summed E-state index contributed by atoms with van der Waals surface area (Å²) in [4.78, 5) is 18.4. The summed E-state index contributed by atoms with van der Waals surface area (Å²) in [5.41, 5.74) is 9.04. The number of nitrogens with two attached hydrogens (primary N) is 1. The molecule has 1 saturated heterocycles. The quantitative estimate of drug-likeness (QED) is 0.917. The molecule has 0 bridgehead atoms. The van der Waals surface area contributed by atoms with Crippen molar-refractivity contribution in [3.05, 3.63) is 40.9 Å². The van der Waals surface area contributed by atoms with E-state index < -0.39 is 0 Å². The Labute approximate surface area is 141 Å². The number of rotatable bonds is 5. The minimum Gasteiger partial charge on any atom is -0.369 e. The van der Waals surface area contributed by atoms with Crippen LogP contribution in [0.25, 0.3) is 10.6 Å². The van der Waals surface area contributed by atoms with Gasteiger partial charge >= 0.3 is 0 Å². The van der Waals surface area contributed by atoms with E-state index in [4.69, 9.17) is 10.7 Å². The van der Waals surface area contributed by atoms with Crippen LogP contribution in [0, 0.1) is 5.92 Å². The van der Waals surface area contributed by atoms with Gasteiger partial charge in [-0.05, 0) is 31.4 Å². The maximum Gasteiger partial charge on any atom is 0.221 e. The second kappa shape index (κ2) is 7.23. The van der Waals surface area contributed by atoms with Crippen molar-refractivity contribution in [2.75, 3.05) is 13.1 Å². The molecule has 1 atom stereocenters. The second-order valence-electron chi connectivity index (χ2n) is 6.17. The zero-order valence-corrected chi connectivity index (χ0v) is 14.3. The largest absolute Gasteiger partial charge is 0.369 e. The first kappa shape index (κ1) is 16.1. The summed E-state index contributed by atoms with van der Waals surface area (Å²) in [6, 6.07) is 8.62. The third-order valence-corrected chi connectivity index (χ3v) is 5.39. The Bertz CT molecular complexity index is 665. The normalized spacial score (nSPS) is 18.9. The maximum absolute atomic E-state index is 11.4. The van der Waals surface area contributed by atoms with E-state index in [0.29, 0.717) is 0 Å². The van der Waals surface area contributed by atoms with E-state index in [1.165, 1.54) is 11.1 Å². The van der Waals surface area contributed by atoms with Crippen molar-refractivity contribution >= 4 is 17.2 Å². The Morgan fingerprint density at radius 2 is 2.17 bits per heavy atom. The van der Waals surface area contributed by atoms with Gasteiger partial charge in [-0.1, -0.05) is 31.2 Å². The molecule has 2 aromatic rings. The number of likely N-dealkylation sites (tertiary alicyclic amines) is 1. The molecule has 1 aliphatic rings. The smallest absolute Gasteiger partial charge is 0.221 e. The van der Waals surface area contributed by atoms with E-state index in [1.54, 1.807) is 11.3 Å². The van der Waals surface area contributed by atoms with Crippen molar-refractivity contribution in [2.45, 2.75) is 32.7 Å². The number of amides is 1. The van der Waals surface area contributed by atoms with Crippen LogP contribution in [0.3, 0.4) is 0 Å². The summed E-state index contributed by atoms with van der Waals surface area (Å²) < 4.78 is 0. The first-order chi connectivity index (χ1) is 11.2. The van der Waals surface area contributed by atoms with Crippen LogP contribution in [0.1, 0.15) is 31.0 Å². The first-order valence-electron chi connectivity index (χ1n) is 8.21. The monoisotopic (exact) mass is 329 g/mol. The van der Waals surface area contributed by atoms with Crippen molar-refractivity contribution in [3.63, 3.8) is 0 Å². The first-order valence-corrected chi connectivity index (χ1v) is 9.09. The second-order valence-corrected chi connectivity index (χ2v) is 7.03. The van der Waals surface area contributed by atoms with Crippen LogP contribution in [-0.2, 0) is 17.8 Å². The molecule has 0 radical (unpaired) electrons. The van der Waals surface area contributed by atoms with Crippen LogP contribution >= 0.6 is 11.3 Å². The number of carbonyl (C=O) groups excluding carboxylic acids is 1. The van der Waals surface area contributed by atoms with E-state index in [9.17, 15) is 4.79 Å². The van der Waals surface area contributed by atoms with Gasteiger partial charge in [0.2, 0.25) is 5.91 Å². The molecule has 1 aliphatic heterocycles. The fourth-order valence-electron chi connectivity index (χ4n) is 3.06. The van der Waals surface area contributed by atoms with Crippen molar-refractivity contribution in [2.24, 2.45) is 11.7 Å². The highest BCUT2D eigenvalue weighted by Crippen LogP contribution is 2.26. The number of hydrogen-bond acceptors (Lipinski definition) is 4. The molecule has 4 nitrogen and oxygen atoms in total. The molecule has 23 heavy (non-hydrogen) atoms. The van der Waals surface area contributed by atoms with Crippen molar-refractivity contribution in [3.8, 4) is 10.6 Å². The van der Waals surface area contributed by atoms with E-state index in [0.717, 1.165) is 49.6 Å². The number of carbonyl (C=O) groups is 1. The van der Waals surface area contributed by atoms with Gasteiger partial charge in [0.15, 0.2) is 0 Å².